The van der Waals surface area contributed by atoms with Crippen LogP contribution in [0.3, 0.4) is 0 Å². The SMILES string of the molecule is Cc1c(N)[nH]n(Cc2ccc(Cl)c(NS(=O)O)c2)c1=O. The molecule has 7 nitrogen and oxygen atoms in total. The summed E-state index contributed by atoms with van der Waals surface area (Å²) in [5.74, 6) is 0.318. The lowest BCUT2D eigenvalue weighted by Gasteiger charge is -2.08. The Kier molecular flexibility index (Phi) is 4.17. The molecule has 2 aromatic rings. The van der Waals surface area contributed by atoms with Gasteiger partial charge in [-0.15, -0.1) is 0 Å². The lowest BCUT2D eigenvalue weighted by Crippen LogP contribution is -2.18. The molecule has 0 fully saturated rings. The molecule has 0 saturated heterocycles. The Labute approximate surface area is 122 Å². The van der Waals surface area contributed by atoms with Crippen LogP contribution < -0.4 is 16.0 Å². The van der Waals surface area contributed by atoms with Crippen LogP contribution in [0, 0.1) is 6.92 Å². The van der Waals surface area contributed by atoms with Gasteiger partial charge < -0.3 is 5.73 Å². The minimum Gasteiger partial charge on any atom is -0.384 e. The zero-order valence-corrected chi connectivity index (χ0v) is 12.1. The minimum atomic E-state index is -2.22. The Morgan fingerprint density at radius 1 is 1.55 bits per heavy atom. The molecule has 1 atom stereocenters. The summed E-state index contributed by atoms with van der Waals surface area (Å²) >= 11 is 3.68. The van der Waals surface area contributed by atoms with E-state index in [0.717, 1.165) is 5.56 Å². The average Bonchev–Trinajstić information content (AvgIpc) is 2.61. The maximum Gasteiger partial charge on any atom is 0.271 e. The molecule has 1 aromatic carbocycles. The van der Waals surface area contributed by atoms with Gasteiger partial charge in [-0.3, -0.25) is 19.2 Å². The van der Waals surface area contributed by atoms with Crippen molar-refractivity contribution in [2.75, 3.05) is 10.5 Å². The fourth-order valence-electron chi connectivity index (χ4n) is 1.73. The summed E-state index contributed by atoms with van der Waals surface area (Å²) in [6.07, 6.45) is 0. The summed E-state index contributed by atoms with van der Waals surface area (Å²) in [5.41, 5.74) is 6.92. The normalized spacial score (nSPS) is 12.3. The van der Waals surface area contributed by atoms with Crippen molar-refractivity contribution in [1.82, 2.24) is 9.78 Å². The summed E-state index contributed by atoms with van der Waals surface area (Å²) in [7, 11) is 0. The first-order chi connectivity index (χ1) is 9.38. The molecule has 9 heteroatoms. The van der Waals surface area contributed by atoms with Gasteiger partial charge in [0.25, 0.3) is 16.8 Å². The van der Waals surface area contributed by atoms with Gasteiger partial charge in [0.2, 0.25) is 0 Å². The van der Waals surface area contributed by atoms with Gasteiger partial charge in [0.05, 0.1) is 22.8 Å². The third kappa shape index (κ3) is 3.03. The van der Waals surface area contributed by atoms with E-state index in [9.17, 15) is 9.00 Å². The Bertz CT molecular complexity index is 725. The maximum atomic E-state index is 11.8. The Morgan fingerprint density at radius 2 is 2.25 bits per heavy atom. The average molecular weight is 317 g/mol. The van der Waals surface area contributed by atoms with E-state index in [4.69, 9.17) is 21.9 Å². The second-order valence-corrected chi connectivity index (χ2v) is 5.32. The van der Waals surface area contributed by atoms with Crippen molar-refractivity contribution >= 4 is 34.4 Å². The number of nitrogens with two attached hydrogens (primary N) is 1. The van der Waals surface area contributed by atoms with E-state index in [2.05, 4.69) is 9.82 Å². The molecule has 1 heterocycles. The number of aromatic nitrogens is 2. The molecule has 108 valence electrons. The monoisotopic (exact) mass is 316 g/mol. The highest BCUT2D eigenvalue weighted by Gasteiger charge is 2.09. The van der Waals surface area contributed by atoms with Crippen molar-refractivity contribution in [2.24, 2.45) is 0 Å². The Hall–Kier alpha value is -1.77. The number of hydrogen-bond donors (Lipinski definition) is 4. The smallest absolute Gasteiger partial charge is 0.271 e. The van der Waals surface area contributed by atoms with Crippen LogP contribution in [0.4, 0.5) is 11.5 Å². The predicted octanol–water partition coefficient (Wildman–Crippen LogP) is 1.32. The summed E-state index contributed by atoms with van der Waals surface area (Å²) in [6.45, 7) is 1.88. The maximum absolute atomic E-state index is 11.8. The first-order valence-electron chi connectivity index (χ1n) is 5.59. The number of nitrogens with one attached hydrogen (secondary N) is 2. The molecule has 0 aliphatic carbocycles. The molecular weight excluding hydrogens is 304 g/mol. The number of aromatic amines is 1. The molecule has 20 heavy (non-hydrogen) atoms. The molecule has 0 aliphatic heterocycles. The largest absolute Gasteiger partial charge is 0.384 e. The molecular formula is C11H13ClN4O3S. The van der Waals surface area contributed by atoms with E-state index < -0.39 is 11.3 Å². The fraction of sp³-hybridized carbons (Fsp3) is 0.182. The molecule has 0 spiro atoms. The third-order valence-electron chi connectivity index (χ3n) is 2.79. The molecule has 0 amide bonds. The van der Waals surface area contributed by atoms with Crippen molar-refractivity contribution in [2.45, 2.75) is 13.5 Å². The summed E-state index contributed by atoms with van der Waals surface area (Å²) in [4.78, 5) is 11.8. The molecule has 1 aromatic heterocycles. The van der Waals surface area contributed by atoms with Gasteiger partial charge in [0, 0.05) is 0 Å². The number of H-pyrrole nitrogens is 1. The number of rotatable bonds is 4. The summed E-state index contributed by atoms with van der Waals surface area (Å²) in [6, 6.07) is 4.89. The van der Waals surface area contributed by atoms with Crippen LogP contribution in [-0.2, 0) is 17.8 Å². The molecule has 0 bridgehead atoms. The molecule has 2 rings (SSSR count). The van der Waals surface area contributed by atoms with Gasteiger partial charge in [-0.25, -0.2) is 8.89 Å². The van der Waals surface area contributed by atoms with Crippen molar-refractivity contribution < 1.29 is 8.76 Å². The number of hydrogen-bond acceptors (Lipinski definition) is 3. The van der Waals surface area contributed by atoms with Crippen LogP contribution in [0.5, 0.6) is 0 Å². The predicted molar refractivity (Wildman–Crippen MR) is 79.2 cm³/mol. The van der Waals surface area contributed by atoms with Crippen molar-refractivity contribution in [1.29, 1.82) is 0 Å². The van der Waals surface area contributed by atoms with Gasteiger partial charge in [-0.2, -0.15) is 0 Å². The molecule has 1 unspecified atom stereocenters. The second kappa shape index (κ2) is 5.70. The quantitative estimate of drug-likeness (QED) is 0.637. The minimum absolute atomic E-state index is 0.210. The number of halogens is 1. The van der Waals surface area contributed by atoms with Gasteiger partial charge >= 0.3 is 0 Å². The van der Waals surface area contributed by atoms with Crippen LogP contribution in [0.25, 0.3) is 0 Å². The van der Waals surface area contributed by atoms with Gasteiger partial charge in [-0.1, -0.05) is 17.7 Å². The third-order valence-corrected chi connectivity index (χ3v) is 3.52. The van der Waals surface area contributed by atoms with Crippen LogP contribution >= 0.6 is 11.6 Å². The summed E-state index contributed by atoms with van der Waals surface area (Å²) in [5, 5.41) is 3.07. The van der Waals surface area contributed by atoms with E-state index in [1.165, 1.54) is 4.68 Å². The van der Waals surface area contributed by atoms with Crippen LogP contribution in [0.1, 0.15) is 11.1 Å². The number of nitrogens with zero attached hydrogens (tertiary/aromatic N) is 1. The summed E-state index contributed by atoms with van der Waals surface area (Å²) < 4.78 is 23.2. The molecule has 0 aliphatic rings. The van der Waals surface area contributed by atoms with Crippen LogP contribution in [-0.4, -0.2) is 18.5 Å². The zero-order valence-electron chi connectivity index (χ0n) is 10.5. The first-order valence-corrected chi connectivity index (χ1v) is 7.07. The highest BCUT2D eigenvalue weighted by Crippen LogP contribution is 2.23. The highest BCUT2D eigenvalue weighted by molar-refractivity contribution is 7.80. The number of anilines is 2. The Balaban J connectivity index is 2.32. The second-order valence-electron chi connectivity index (χ2n) is 4.21. The van der Waals surface area contributed by atoms with Gasteiger partial charge in [0.15, 0.2) is 0 Å². The van der Waals surface area contributed by atoms with Crippen molar-refractivity contribution in [3.8, 4) is 0 Å². The van der Waals surface area contributed by atoms with Crippen molar-refractivity contribution in [3.63, 3.8) is 0 Å². The fourth-order valence-corrected chi connectivity index (χ4v) is 2.31. The topological polar surface area (TPSA) is 113 Å². The zero-order chi connectivity index (χ0) is 14.9. The highest BCUT2D eigenvalue weighted by atomic mass is 35.5. The van der Waals surface area contributed by atoms with Crippen molar-refractivity contribution in [3.05, 3.63) is 44.7 Å². The van der Waals surface area contributed by atoms with E-state index in [0.29, 0.717) is 22.1 Å². The Morgan fingerprint density at radius 3 is 2.80 bits per heavy atom. The van der Waals surface area contributed by atoms with E-state index >= 15 is 0 Å². The lowest BCUT2D eigenvalue weighted by molar-refractivity contribution is 0.570. The van der Waals surface area contributed by atoms with Gasteiger partial charge in [-0.05, 0) is 24.6 Å². The molecule has 5 N–H and O–H groups in total. The molecule has 0 saturated carbocycles. The van der Waals surface area contributed by atoms with E-state index in [1.807, 2.05) is 0 Å². The number of nitrogen functional groups attached to an aromatic ring is 1. The van der Waals surface area contributed by atoms with Crippen LogP contribution in [0.2, 0.25) is 5.02 Å². The van der Waals surface area contributed by atoms with Gasteiger partial charge in [0.1, 0.15) is 5.82 Å². The standard InChI is InChI=1S/C11H13ClN4O3S/c1-6-10(13)14-16(11(6)17)5-7-2-3-8(12)9(4-7)15-20(18)19/h2-4,14-15H,5,13H2,1H3,(H,18,19). The van der Waals surface area contributed by atoms with Crippen LogP contribution in [0.15, 0.2) is 23.0 Å². The lowest BCUT2D eigenvalue weighted by atomic mass is 10.2. The van der Waals surface area contributed by atoms with E-state index in [1.54, 1.807) is 25.1 Å². The first kappa shape index (κ1) is 14.6. The van der Waals surface area contributed by atoms with E-state index in [-0.39, 0.29) is 12.1 Å². The molecule has 0 radical (unpaired) electrons. The number of benzene rings is 1.